The number of halogens is 9. The van der Waals surface area contributed by atoms with Crippen LogP contribution < -0.4 is 85.5 Å². The SMILES string of the molecule is CC1(C)CN(c2ccc(Nc3nc(N)c(C(=O)c4c(F)cccc4F)s3)cc2)CCN1.C[C@@H]1CN(c2ccc(Nc3nc(N)c(C(=O)c4c(F)cccc4F)s3)cc2)CCN1C.C[C@@H]1CN(c2ccc(Nc3nc(N)c(C(=O)c4c(F)cccc4F)s3)cc2)C[C@H](C)N1.C[C@H]1CN(c2ccc(Nc3nc(N)c(C(=O)c4c(F)cccc4F)s3)cc2)CCN1C.Cc1cccc(Cl)c1C(=O)c1sc(Nc2ccc3nc[nH]c3c2)nc1N. The van der Waals surface area contributed by atoms with Crippen molar-refractivity contribution in [1.29, 1.82) is 0 Å². The van der Waals surface area contributed by atoms with Crippen LogP contribution in [-0.4, -0.2) is 189 Å². The first-order valence-electron chi connectivity index (χ1n) is 47.4. The minimum absolute atomic E-state index is 0.00505. The van der Waals surface area contributed by atoms with E-state index in [1.165, 1.54) is 35.6 Å². The van der Waals surface area contributed by atoms with E-state index in [1.807, 2.05) is 134 Å². The van der Waals surface area contributed by atoms with Crippen molar-refractivity contribution in [2.24, 2.45) is 0 Å². The number of aromatic nitrogens is 7. The van der Waals surface area contributed by atoms with Crippen LogP contribution in [0.1, 0.15) is 123 Å². The van der Waals surface area contributed by atoms with Crippen molar-refractivity contribution in [3.05, 3.63) is 322 Å². The molecule has 150 heavy (non-hydrogen) atoms. The molecule has 4 aliphatic heterocycles. The predicted molar refractivity (Wildman–Crippen MR) is 587 cm³/mol. The third-order valence-corrected chi connectivity index (χ3v) is 30.4. The van der Waals surface area contributed by atoms with Gasteiger partial charge in [0.15, 0.2) is 25.7 Å². The smallest absolute Gasteiger partial charge is 0.212 e. The van der Waals surface area contributed by atoms with Crippen LogP contribution in [0.3, 0.4) is 0 Å². The van der Waals surface area contributed by atoms with E-state index in [4.69, 9.17) is 40.3 Å². The molecule has 10 heterocycles. The summed E-state index contributed by atoms with van der Waals surface area (Å²) in [6.07, 6.45) is 1.64. The number of nitrogens with one attached hydrogen (secondary N) is 8. The van der Waals surface area contributed by atoms with Crippen molar-refractivity contribution in [2.75, 3.05) is 161 Å². The fraction of sp³-hybridized carbons (Fsp3) is 0.236. The highest BCUT2D eigenvalue weighted by atomic mass is 35.5. The summed E-state index contributed by atoms with van der Waals surface area (Å²) in [6.45, 7) is 25.4. The predicted octanol–water partition coefficient (Wildman–Crippen LogP) is 21.1. The minimum atomic E-state index is -0.931. The van der Waals surface area contributed by atoms with Gasteiger partial charge in [-0.3, -0.25) is 24.0 Å². The Labute approximate surface area is 883 Å². The second-order valence-electron chi connectivity index (χ2n) is 36.7. The van der Waals surface area contributed by atoms with E-state index in [2.05, 4.69) is 157 Å². The average molecular weight is 2160 g/mol. The number of rotatable bonds is 24. The van der Waals surface area contributed by atoms with Crippen molar-refractivity contribution < 1.29 is 59.1 Å². The Balaban J connectivity index is 0.000000134. The van der Waals surface area contributed by atoms with Crippen LogP contribution in [0.4, 0.5) is 141 Å². The Morgan fingerprint density at radius 1 is 0.373 bits per heavy atom. The molecule has 0 bridgehead atoms. The van der Waals surface area contributed by atoms with Crippen LogP contribution in [0.15, 0.2) is 213 Å². The number of carbonyl (C=O) groups is 5. The second-order valence-corrected chi connectivity index (χ2v) is 42.1. The van der Waals surface area contributed by atoms with Crippen molar-refractivity contribution in [3.63, 3.8) is 0 Å². The molecule has 4 aliphatic rings. The van der Waals surface area contributed by atoms with Crippen LogP contribution in [0.25, 0.3) is 11.0 Å². The lowest BCUT2D eigenvalue weighted by molar-refractivity contribution is 0.102. The number of aromatic amines is 1. The molecule has 44 heteroatoms. The molecule has 6 aromatic heterocycles. The van der Waals surface area contributed by atoms with Crippen molar-refractivity contribution >= 4 is 214 Å². The number of hydrogen-bond donors (Lipinski definition) is 13. The number of H-pyrrole nitrogens is 1. The van der Waals surface area contributed by atoms with E-state index in [0.717, 1.165) is 234 Å². The van der Waals surface area contributed by atoms with Gasteiger partial charge in [-0.2, -0.15) is 0 Å². The van der Waals surface area contributed by atoms with Gasteiger partial charge in [-0.25, -0.2) is 65.0 Å². The number of likely N-dealkylation sites (N-methyl/N-ethyl adjacent to an activating group) is 2. The maximum absolute atomic E-state index is 14.0. The van der Waals surface area contributed by atoms with Gasteiger partial charge in [-0.15, -0.1) is 0 Å². The molecule has 0 aliphatic carbocycles. The highest BCUT2D eigenvalue weighted by Gasteiger charge is 2.34. The molecule has 16 aromatic rings. The van der Waals surface area contributed by atoms with Crippen LogP contribution in [0.5, 0.6) is 0 Å². The quantitative estimate of drug-likeness (QED) is 0.0197. The van der Waals surface area contributed by atoms with Crippen molar-refractivity contribution in [1.82, 2.24) is 55.3 Å². The highest BCUT2D eigenvalue weighted by molar-refractivity contribution is 7.20. The number of anilines is 19. The monoisotopic (exact) mass is 2160 g/mol. The topological polar surface area (TPSA) is 412 Å². The Morgan fingerprint density at radius 2 is 0.667 bits per heavy atom. The molecule has 0 radical (unpaired) electrons. The Bertz CT molecular complexity index is 7170. The third-order valence-electron chi connectivity index (χ3n) is 25.2. The van der Waals surface area contributed by atoms with Gasteiger partial charge < -0.3 is 100 Å². The van der Waals surface area contributed by atoms with E-state index >= 15 is 0 Å². The second kappa shape index (κ2) is 47.2. The normalized spacial score (nSPS) is 16.1. The zero-order valence-corrected chi connectivity index (χ0v) is 87.4. The number of benzene rings is 10. The standard InChI is InChI=1S/4C22H23F2N5OS.C18H14ClN5OS/c1-12-10-29(11-13(2)26-12)15-8-6-14(7-9-15)27-22-28-21(25)20(31-22)19(30)18-16(23)4-3-5-17(18)24;1-22(2)12-29(11-10-26-22)14-8-6-13(7-9-14)27-21-28-20(25)19(31-21)18(30)17-15(23)4-3-5-16(17)24;2*1-13-12-29(11-10-28(13)2)15-8-6-14(7-9-15)26-22-27-21(25)20(31-22)19(30)18-16(23)4-3-5-17(18)24;1-9-3-2-4-11(19)14(9)15(25)16-17(20)24-18(26-16)23-10-5-6-12-13(7-10)22-8-21-12/h3-9,12-13,26H,10-11,25H2,1-2H3,(H,27,28);3-9,26H,10-12,25H2,1-2H3,(H,27,28);2*3-9,13H,10-12,25H2,1-2H3,(H,26,27);2-8H,20H2,1H3,(H,21,22)(H,23,24)/t12-,13+;;2*13-;/m..10./s1. The summed E-state index contributed by atoms with van der Waals surface area (Å²) in [5, 5.41) is 25.0. The number of nitrogens with two attached hydrogens (primary N) is 5. The van der Waals surface area contributed by atoms with Gasteiger partial charge in [0.25, 0.3) is 0 Å². The third kappa shape index (κ3) is 25.7. The molecule has 20 rings (SSSR count). The minimum Gasteiger partial charge on any atom is -0.382 e. The van der Waals surface area contributed by atoms with Crippen molar-refractivity contribution in [2.45, 2.75) is 78.2 Å². The zero-order valence-electron chi connectivity index (χ0n) is 82.5. The molecule has 4 fully saturated rings. The molecule has 0 saturated carbocycles. The van der Waals surface area contributed by atoms with Gasteiger partial charge >= 0.3 is 0 Å². The number of hydrogen-bond acceptors (Lipinski definition) is 34. The van der Waals surface area contributed by atoms with Gasteiger partial charge in [0, 0.05) is 158 Å². The van der Waals surface area contributed by atoms with Crippen LogP contribution in [0, 0.1) is 53.5 Å². The lowest BCUT2D eigenvalue weighted by atomic mass is 10.0. The summed E-state index contributed by atoms with van der Waals surface area (Å²) in [5.74, 6) is -11.0. The molecule has 10 aromatic carbocycles. The number of piperazine rings is 4. The van der Waals surface area contributed by atoms with E-state index in [-0.39, 0.29) is 59.9 Å². The molecular weight excluding hydrogens is 2050 g/mol. The number of aryl methyl sites for hydroxylation is 1. The number of imidazole rings is 1. The zero-order chi connectivity index (χ0) is 107. The van der Waals surface area contributed by atoms with Gasteiger partial charge in [0.05, 0.1) is 44.6 Å². The lowest BCUT2D eigenvalue weighted by Gasteiger charge is -2.40. The van der Waals surface area contributed by atoms with E-state index in [9.17, 15) is 59.1 Å². The molecule has 778 valence electrons. The number of nitrogens with zero attached hydrogens (tertiary/aromatic N) is 12. The molecule has 4 atom stereocenters. The Hall–Kier alpha value is -15.1. The van der Waals surface area contributed by atoms with Gasteiger partial charge in [0.2, 0.25) is 28.9 Å². The van der Waals surface area contributed by atoms with E-state index < -0.39 is 91.9 Å². The largest absolute Gasteiger partial charge is 0.382 e. The van der Waals surface area contributed by atoms with E-state index in [1.54, 1.807) is 12.4 Å². The summed E-state index contributed by atoms with van der Waals surface area (Å²) < 4.78 is 112. The van der Waals surface area contributed by atoms with Gasteiger partial charge in [-0.1, -0.05) is 105 Å². The highest BCUT2D eigenvalue weighted by Crippen LogP contribution is 2.41. The summed E-state index contributed by atoms with van der Waals surface area (Å²) in [4.78, 5) is 106. The maximum Gasteiger partial charge on any atom is 0.212 e. The Kier molecular flexibility index (Phi) is 33.9. The van der Waals surface area contributed by atoms with Crippen molar-refractivity contribution in [3.8, 4) is 0 Å². The first-order chi connectivity index (χ1) is 71.7. The molecule has 30 nitrogen and oxygen atoms in total. The summed E-state index contributed by atoms with van der Waals surface area (Å²) in [5.41, 5.74) is 38.4. The number of nitrogen functional groups attached to an aromatic ring is 5. The lowest BCUT2D eigenvalue weighted by Crippen LogP contribution is -2.57. The number of fused-ring (bicyclic) bond motifs is 1. The van der Waals surface area contributed by atoms with Gasteiger partial charge in [-0.05, 0) is 238 Å². The van der Waals surface area contributed by atoms with Crippen LogP contribution in [-0.2, 0) is 0 Å². The molecular formula is C106H106ClF8N25O5S5. The first-order valence-corrected chi connectivity index (χ1v) is 51.9. The van der Waals surface area contributed by atoms with Gasteiger partial charge in [0.1, 0.15) is 100 Å². The first kappa shape index (κ1) is 108. The molecule has 18 N–H and O–H groups in total. The summed E-state index contributed by atoms with van der Waals surface area (Å²) in [7, 11) is 4.27. The number of thiazole rings is 5. The molecule has 0 spiro atoms. The van der Waals surface area contributed by atoms with Crippen LogP contribution >= 0.6 is 68.3 Å². The Morgan fingerprint density at radius 3 is 0.980 bits per heavy atom. The van der Waals surface area contributed by atoms with Crippen LogP contribution in [0.2, 0.25) is 5.02 Å². The number of ketones is 5. The fourth-order valence-corrected chi connectivity index (χ4v) is 21.8. The summed E-state index contributed by atoms with van der Waals surface area (Å²) >= 11 is 11.2. The van der Waals surface area contributed by atoms with E-state index in [0.29, 0.717) is 65.3 Å². The maximum atomic E-state index is 14.0. The summed E-state index contributed by atoms with van der Waals surface area (Å²) in [6, 6.07) is 57.5. The average Bonchev–Trinajstić information content (AvgIpc) is 1.66. The molecule has 0 amide bonds. The molecule has 4 saturated heterocycles. The molecule has 0 unspecified atom stereocenters. The number of carbonyl (C=O) groups excluding carboxylic acids is 5. The fourth-order valence-electron chi connectivity index (χ4n) is 17.2.